The van der Waals surface area contributed by atoms with Crippen LogP contribution in [-0.4, -0.2) is 35.9 Å². The highest BCUT2D eigenvalue weighted by molar-refractivity contribution is 5.78. The van der Waals surface area contributed by atoms with E-state index in [9.17, 15) is 9.90 Å². The van der Waals surface area contributed by atoms with Gasteiger partial charge >= 0.3 is 5.97 Å². The van der Waals surface area contributed by atoms with Crippen LogP contribution in [0.15, 0.2) is 0 Å². The van der Waals surface area contributed by atoms with Crippen LogP contribution in [0.4, 0.5) is 0 Å². The van der Waals surface area contributed by atoms with Gasteiger partial charge in [0.05, 0.1) is 0 Å². The van der Waals surface area contributed by atoms with Crippen LogP contribution in [-0.2, 0) is 9.53 Å². The zero-order valence-corrected chi connectivity index (χ0v) is 14.1. The third-order valence-electron chi connectivity index (χ3n) is 3.29. The molecular formula is C16H33NO3. The first-order valence-electron chi connectivity index (χ1n) is 7.66. The summed E-state index contributed by atoms with van der Waals surface area (Å²) in [7, 11) is 0. The fourth-order valence-electron chi connectivity index (χ4n) is 2.04. The van der Waals surface area contributed by atoms with Crippen molar-refractivity contribution >= 4 is 5.97 Å². The molecule has 0 aromatic rings. The van der Waals surface area contributed by atoms with Gasteiger partial charge < -0.3 is 9.84 Å². The van der Waals surface area contributed by atoms with Crippen molar-refractivity contribution in [2.45, 2.75) is 78.8 Å². The third kappa shape index (κ3) is 9.32. The molecule has 0 fully saturated rings. The van der Waals surface area contributed by atoms with Crippen LogP contribution in [0.2, 0.25) is 0 Å². The molecule has 0 radical (unpaired) electrons. The van der Waals surface area contributed by atoms with Crippen molar-refractivity contribution in [3.05, 3.63) is 0 Å². The number of unbranched alkanes of at least 4 members (excludes halogenated alkanes) is 1. The molecule has 0 bridgehead atoms. The van der Waals surface area contributed by atoms with Crippen molar-refractivity contribution in [2.75, 3.05) is 13.2 Å². The van der Waals surface area contributed by atoms with Gasteiger partial charge in [0, 0.05) is 19.3 Å². The fourth-order valence-corrected chi connectivity index (χ4v) is 2.04. The lowest BCUT2D eigenvalue weighted by Crippen LogP contribution is -2.52. The van der Waals surface area contributed by atoms with Gasteiger partial charge in [0.15, 0.2) is 0 Å². The third-order valence-corrected chi connectivity index (χ3v) is 3.29. The molecule has 0 heterocycles. The van der Waals surface area contributed by atoms with E-state index in [-0.39, 0.29) is 6.04 Å². The molecular weight excluding hydrogens is 254 g/mol. The molecule has 0 rings (SSSR count). The number of rotatable bonds is 10. The monoisotopic (exact) mass is 287 g/mol. The van der Waals surface area contributed by atoms with Gasteiger partial charge in [-0.25, -0.2) is 0 Å². The minimum Gasteiger partial charge on any atom is -0.480 e. The van der Waals surface area contributed by atoms with Crippen LogP contribution in [0.25, 0.3) is 0 Å². The molecule has 1 unspecified atom stereocenters. The van der Waals surface area contributed by atoms with Gasteiger partial charge in [-0.3, -0.25) is 10.1 Å². The molecule has 0 amide bonds. The van der Waals surface area contributed by atoms with Crippen LogP contribution >= 0.6 is 0 Å². The normalized spacial score (nSPS) is 15.3. The van der Waals surface area contributed by atoms with E-state index in [4.69, 9.17) is 4.74 Å². The molecule has 0 aliphatic heterocycles. The van der Waals surface area contributed by atoms with Crippen LogP contribution < -0.4 is 5.32 Å². The largest absolute Gasteiger partial charge is 0.480 e. The van der Waals surface area contributed by atoms with Crippen molar-refractivity contribution in [3.63, 3.8) is 0 Å². The molecule has 120 valence electrons. The van der Waals surface area contributed by atoms with Crippen molar-refractivity contribution in [1.29, 1.82) is 0 Å². The molecule has 0 aliphatic carbocycles. The number of carboxylic acids is 1. The Morgan fingerprint density at radius 3 is 2.15 bits per heavy atom. The molecule has 4 nitrogen and oxygen atoms in total. The number of carboxylic acid groups (broad SMARTS) is 1. The minimum atomic E-state index is -0.834. The molecule has 0 saturated carbocycles. The first-order chi connectivity index (χ1) is 9.07. The van der Waals surface area contributed by atoms with E-state index in [2.05, 4.69) is 26.1 Å². The molecule has 0 aliphatic rings. The highest BCUT2D eigenvalue weighted by atomic mass is 16.5. The summed E-state index contributed by atoms with van der Waals surface area (Å²) in [6.07, 6.45) is 3.45. The number of hydrogen-bond donors (Lipinski definition) is 2. The van der Waals surface area contributed by atoms with E-state index in [1.807, 2.05) is 13.8 Å². The van der Waals surface area contributed by atoms with E-state index >= 15 is 0 Å². The van der Waals surface area contributed by atoms with Crippen LogP contribution in [0, 0.1) is 5.41 Å². The maximum atomic E-state index is 11.3. The predicted octanol–water partition coefficient (Wildman–Crippen LogP) is 3.45. The standard InChI is InChI=1S/C16H33NO3/c1-13(2)17-16(6,14(18)19)9-7-8-11-20-12-10-15(3,4)5/h13,17H,7-12H2,1-6H3,(H,18,19). The molecule has 0 saturated heterocycles. The van der Waals surface area contributed by atoms with E-state index in [0.717, 1.165) is 25.9 Å². The summed E-state index contributed by atoms with van der Waals surface area (Å²) in [6.45, 7) is 13.8. The number of ether oxygens (including phenoxy) is 1. The van der Waals surface area contributed by atoms with Gasteiger partial charge in [0.2, 0.25) is 0 Å². The highest BCUT2D eigenvalue weighted by Gasteiger charge is 2.32. The second-order valence-electron chi connectivity index (χ2n) is 7.32. The predicted molar refractivity (Wildman–Crippen MR) is 83.1 cm³/mol. The smallest absolute Gasteiger partial charge is 0.323 e. The van der Waals surface area contributed by atoms with Gasteiger partial charge in [-0.15, -0.1) is 0 Å². The fraction of sp³-hybridized carbons (Fsp3) is 0.938. The molecule has 2 N–H and O–H groups in total. The zero-order chi connectivity index (χ0) is 15.8. The lowest BCUT2D eigenvalue weighted by Gasteiger charge is -2.28. The summed E-state index contributed by atoms with van der Waals surface area (Å²) in [5.41, 5.74) is -0.525. The Morgan fingerprint density at radius 2 is 1.70 bits per heavy atom. The number of aliphatic carboxylic acids is 1. The van der Waals surface area contributed by atoms with Crippen molar-refractivity contribution in [1.82, 2.24) is 5.32 Å². The second kappa shape index (κ2) is 8.63. The summed E-state index contributed by atoms with van der Waals surface area (Å²) >= 11 is 0. The molecule has 0 aromatic heterocycles. The summed E-state index contributed by atoms with van der Waals surface area (Å²) in [5.74, 6) is -0.778. The molecule has 4 heteroatoms. The average molecular weight is 287 g/mol. The molecule has 0 aromatic carbocycles. The minimum absolute atomic E-state index is 0.166. The van der Waals surface area contributed by atoms with Gasteiger partial charge in [0.25, 0.3) is 0 Å². The first-order valence-corrected chi connectivity index (χ1v) is 7.66. The first kappa shape index (κ1) is 19.4. The van der Waals surface area contributed by atoms with E-state index in [0.29, 0.717) is 18.4 Å². The van der Waals surface area contributed by atoms with Gasteiger partial charge in [-0.05, 0) is 51.9 Å². The SMILES string of the molecule is CC(C)NC(C)(CCCCOCCC(C)(C)C)C(=O)O. The second-order valence-corrected chi connectivity index (χ2v) is 7.32. The van der Waals surface area contributed by atoms with Gasteiger partial charge in [0.1, 0.15) is 5.54 Å². The Morgan fingerprint density at radius 1 is 1.10 bits per heavy atom. The number of hydrogen-bond acceptors (Lipinski definition) is 3. The van der Waals surface area contributed by atoms with Crippen LogP contribution in [0.3, 0.4) is 0 Å². The van der Waals surface area contributed by atoms with E-state index in [1.165, 1.54) is 0 Å². The molecule has 0 spiro atoms. The van der Waals surface area contributed by atoms with Gasteiger partial charge in [-0.2, -0.15) is 0 Å². The summed E-state index contributed by atoms with van der Waals surface area (Å²) < 4.78 is 5.60. The Balaban J connectivity index is 3.83. The van der Waals surface area contributed by atoms with Crippen LogP contribution in [0.1, 0.15) is 67.2 Å². The van der Waals surface area contributed by atoms with E-state index in [1.54, 1.807) is 6.92 Å². The van der Waals surface area contributed by atoms with Gasteiger partial charge in [-0.1, -0.05) is 20.8 Å². The Bertz CT molecular complexity index is 284. The zero-order valence-electron chi connectivity index (χ0n) is 14.1. The Labute approximate surface area is 124 Å². The van der Waals surface area contributed by atoms with Crippen LogP contribution in [0.5, 0.6) is 0 Å². The Kier molecular flexibility index (Phi) is 8.36. The molecule has 20 heavy (non-hydrogen) atoms. The lowest BCUT2D eigenvalue weighted by molar-refractivity contribution is -0.144. The summed E-state index contributed by atoms with van der Waals surface area (Å²) in [4.78, 5) is 11.3. The van der Waals surface area contributed by atoms with E-state index < -0.39 is 11.5 Å². The number of carbonyl (C=O) groups is 1. The average Bonchev–Trinajstić information content (AvgIpc) is 2.25. The maximum Gasteiger partial charge on any atom is 0.323 e. The topological polar surface area (TPSA) is 58.6 Å². The molecule has 1 atom stereocenters. The Hall–Kier alpha value is -0.610. The highest BCUT2D eigenvalue weighted by Crippen LogP contribution is 2.18. The van der Waals surface area contributed by atoms with Crippen molar-refractivity contribution in [3.8, 4) is 0 Å². The maximum absolute atomic E-state index is 11.3. The lowest BCUT2D eigenvalue weighted by atomic mass is 9.93. The van der Waals surface area contributed by atoms with Crippen molar-refractivity contribution < 1.29 is 14.6 Å². The van der Waals surface area contributed by atoms with Crippen molar-refractivity contribution in [2.24, 2.45) is 5.41 Å². The summed E-state index contributed by atoms with van der Waals surface area (Å²) in [6, 6.07) is 0.166. The number of nitrogens with one attached hydrogen (secondary N) is 1. The quantitative estimate of drug-likeness (QED) is 0.604. The summed E-state index contributed by atoms with van der Waals surface area (Å²) in [5, 5.41) is 12.5.